The molecule has 1 aromatic carbocycles. The first-order chi connectivity index (χ1) is 9.13. The van der Waals surface area contributed by atoms with Gasteiger partial charge in [0.25, 0.3) is 0 Å². The van der Waals surface area contributed by atoms with Crippen molar-refractivity contribution < 1.29 is 9.90 Å². The highest BCUT2D eigenvalue weighted by atomic mass is 16.4. The van der Waals surface area contributed by atoms with E-state index in [2.05, 4.69) is 10.3 Å². The van der Waals surface area contributed by atoms with Gasteiger partial charge in [0.2, 0.25) is 0 Å². The fourth-order valence-electron chi connectivity index (χ4n) is 2.23. The minimum absolute atomic E-state index is 0.504. The van der Waals surface area contributed by atoms with Crippen LogP contribution in [0, 0.1) is 0 Å². The summed E-state index contributed by atoms with van der Waals surface area (Å²) >= 11 is 0. The van der Waals surface area contributed by atoms with Crippen molar-refractivity contribution >= 4 is 22.6 Å². The summed E-state index contributed by atoms with van der Waals surface area (Å²) in [4.78, 5) is 15.8. The molecule has 1 aromatic heterocycles. The van der Waals surface area contributed by atoms with Crippen LogP contribution >= 0.6 is 0 Å². The molecule has 0 bridgehead atoms. The summed E-state index contributed by atoms with van der Waals surface area (Å²) in [6.07, 6.45) is 2.70. The van der Waals surface area contributed by atoms with E-state index in [-0.39, 0.29) is 0 Å². The molecule has 0 saturated heterocycles. The maximum atomic E-state index is 11.5. The van der Waals surface area contributed by atoms with Gasteiger partial charge in [0, 0.05) is 11.6 Å². The number of aromatic nitrogens is 1. The molecular formula is C15H18N2O2. The Morgan fingerprint density at radius 1 is 1.26 bits per heavy atom. The second-order valence-corrected chi connectivity index (χ2v) is 4.60. The number of hydrogen-bond donors (Lipinski definition) is 2. The average Bonchev–Trinajstić information content (AvgIpc) is 2.44. The third-order valence-electron chi connectivity index (χ3n) is 3.65. The highest BCUT2D eigenvalue weighted by Crippen LogP contribution is 2.27. The lowest BCUT2D eigenvalue weighted by Crippen LogP contribution is -2.45. The van der Waals surface area contributed by atoms with Gasteiger partial charge in [0.05, 0.1) is 0 Å². The lowest BCUT2D eigenvalue weighted by molar-refractivity contribution is -0.142. The van der Waals surface area contributed by atoms with E-state index in [9.17, 15) is 9.90 Å². The van der Waals surface area contributed by atoms with Gasteiger partial charge in [-0.1, -0.05) is 38.1 Å². The van der Waals surface area contributed by atoms with Gasteiger partial charge in [-0.25, -0.2) is 9.78 Å². The van der Waals surface area contributed by atoms with E-state index in [0.29, 0.717) is 18.7 Å². The maximum Gasteiger partial charge on any atom is 0.329 e. The van der Waals surface area contributed by atoms with Gasteiger partial charge in [-0.2, -0.15) is 0 Å². The molecule has 2 N–H and O–H groups in total. The summed E-state index contributed by atoms with van der Waals surface area (Å²) in [5, 5.41) is 14.6. The molecule has 0 aliphatic rings. The molecule has 0 atom stereocenters. The topological polar surface area (TPSA) is 62.2 Å². The molecule has 0 radical (unpaired) electrons. The van der Waals surface area contributed by atoms with Crippen LogP contribution in [0.2, 0.25) is 0 Å². The summed E-state index contributed by atoms with van der Waals surface area (Å²) in [7, 11) is 0. The Labute approximate surface area is 112 Å². The molecule has 2 rings (SSSR count). The third-order valence-corrected chi connectivity index (χ3v) is 3.65. The number of rotatable bonds is 5. The largest absolute Gasteiger partial charge is 0.480 e. The van der Waals surface area contributed by atoms with E-state index in [1.807, 2.05) is 44.2 Å². The number of pyridine rings is 1. The SMILES string of the molecule is CCC(CC)(Nc1nccc2ccccc12)C(=O)O. The van der Waals surface area contributed by atoms with Crippen LogP contribution in [0.25, 0.3) is 10.8 Å². The first-order valence-electron chi connectivity index (χ1n) is 6.48. The zero-order valence-corrected chi connectivity index (χ0v) is 11.2. The zero-order valence-electron chi connectivity index (χ0n) is 11.2. The number of carboxylic acids is 1. The normalized spacial score (nSPS) is 11.5. The van der Waals surface area contributed by atoms with E-state index in [1.165, 1.54) is 0 Å². The van der Waals surface area contributed by atoms with Crippen LogP contribution in [-0.2, 0) is 4.79 Å². The van der Waals surface area contributed by atoms with Crippen molar-refractivity contribution in [2.45, 2.75) is 32.2 Å². The Balaban J connectivity index is 2.48. The number of fused-ring (bicyclic) bond motifs is 1. The number of nitrogens with one attached hydrogen (secondary N) is 1. The molecule has 1 heterocycles. The van der Waals surface area contributed by atoms with Gasteiger partial charge in [-0.05, 0) is 24.3 Å². The van der Waals surface area contributed by atoms with Crippen LogP contribution in [0.4, 0.5) is 5.82 Å². The molecule has 4 heteroatoms. The third kappa shape index (κ3) is 2.38. The highest BCUT2D eigenvalue weighted by molar-refractivity contribution is 5.94. The standard InChI is InChI=1S/C15H18N2O2/c1-3-15(4-2,14(18)19)17-13-12-8-6-5-7-11(12)9-10-16-13/h5-10H,3-4H2,1-2H3,(H,16,17)(H,18,19). The molecule has 2 aromatic rings. The van der Waals surface area contributed by atoms with Crippen molar-refractivity contribution in [3.63, 3.8) is 0 Å². The van der Waals surface area contributed by atoms with Crippen LogP contribution in [0.5, 0.6) is 0 Å². The molecular weight excluding hydrogens is 240 g/mol. The minimum Gasteiger partial charge on any atom is -0.480 e. The number of nitrogens with zero attached hydrogens (tertiary/aromatic N) is 1. The fraction of sp³-hybridized carbons (Fsp3) is 0.333. The van der Waals surface area contributed by atoms with Crippen molar-refractivity contribution in [2.24, 2.45) is 0 Å². The Bertz CT molecular complexity index is 586. The van der Waals surface area contributed by atoms with Crippen molar-refractivity contribution in [1.29, 1.82) is 0 Å². The molecule has 19 heavy (non-hydrogen) atoms. The summed E-state index contributed by atoms with van der Waals surface area (Å²) < 4.78 is 0. The van der Waals surface area contributed by atoms with Crippen LogP contribution in [-0.4, -0.2) is 21.6 Å². The van der Waals surface area contributed by atoms with Crippen LogP contribution in [0.15, 0.2) is 36.5 Å². The Morgan fingerprint density at radius 2 is 1.95 bits per heavy atom. The summed E-state index contributed by atoms with van der Waals surface area (Å²) in [6, 6.07) is 9.73. The van der Waals surface area contributed by atoms with E-state index in [4.69, 9.17) is 0 Å². The first-order valence-corrected chi connectivity index (χ1v) is 6.48. The monoisotopic (exact) mass is 258 g/mol. The highest BCUT2D eigenvalue weighted by Gasteiger charge is 2.35. The molecule has 0 amide bonds. The van der Waals surface area contributed by atoms with Crippen molar-refractivity contribution in [3.05, 3.63) is 36.5 Å². The molecule has 100 valence electrons. The predicted molar refractivity (Wildman–Crippen MR) is 76.3 cm³/mol. The van der Waals surface area contributed by atoms with E-state index in [0.717, 1.165) is 10.8 Å². The zero-order chi connectivity index (χ0) is 13.9. The number of carboxylic acid groups (broad SMARTS) is 1. The molecule has 0 spiro atoms. The van der Waals surface area contributed by atoms with Crippen molar-refractivity contribution in [2.75, 3.05) is 5.32 Å². The van der Waals surface area contributed by atoms with Gasteiger partial charge >= 0.3 is 5.97 Å². The lowest BCUT2D eigenvalue weighted by Gasteiger charge is -2.29. The Morgan fingerprint density at radius 3 is 2.58 bits per heavy atom. The van der Waals surface area contributed by atoms with E-state index in [1.54, 1.807) is 6.20 Å². The minimum atomic E-state index is -0.961. The van der Waals surface area contributed by atoms with Crippen LogP contribution in [0.1, 0.15) is 26.7 Å². The molecule has 0 aliphatic heterocycles. The number of anilines is 1. The van der Waals surface area contributed by atoms with Crippen molar-refractivity contribution in [1.82, 2.24) is 4.98 Å². The van der Waals surface area contributed by atoms with Crippen LogP contribution in [0.3, 0.4) is 0 Å². The maximum absolute atomic E-state index is 11.5. The predicted octanol–water partition coefficient (Wildman–Crippen LogP) is 3.29. The van der Waals surface area contributed by atoms with E-state index >= 15 is 0 Å². The summed E-state index contributed by atoms with van der Waals surface area (Å²) in [5.74, 6) is -0.212. The molecule has 0 saturated carbocycles. The Hall–Kier alpha value is -2.10. The number of carbonyl (C=O) groups is 1. The first kappa shape index (κ1) is 13.3. The summed E-state index contributed by atoms with van der Waals surface area (Å²) in [5.41, 5.74) is -0.961. The Kier molecular flexibility index (Phi) is 3.69. The average molecular weight is 258 g/mol. The number of hydrogen-bond acceptors (Lipinski definition) is 3. The molecule has 0 fully saturated rings. The van der Waals surface area contributed by atoms with Crippen molar-refractivity contribution in [3.8, 4) is 0 Å². The van der Waals surface area contributed by atoms with Gasteiger partial charge in [-0.3, -0.25) is 0 Å². The van der Waals surface area contributed by atoms with Crippen LogP contribution < -0.4 is 5.32 Å². The van der Waals surface area contributed by atoms with Gasteiger partial charge < -0.3 is 10.4 Å². The fourth-order valence-corrected chi connectivity index (χ4v) is 2.23. The lowest BCUT2D eigenvalue weighted by atomic mass is 9.92. The van der Waals surface area contributed by atoms with E-state index < -0.39 is 11.5 Å². The number of aliphatic carboxylic acids is 1. The second kappa shape index (κ2) is 5.26. The smallest absolute Gasteiger partial charge is 0.329 e. The van der Waals surface area contributed by atoms with Gasteiger partial charge in [0.15, 0.2) is 0 Å². The molecule has 4 nitrogen and oxygen atoms in total. The summed E-state index contributed by atoms with van der Waals surface area (Å²) in [6.45, 7) is 3.74. The van der Waals surface area contributed by atoms with Gasteiger partial charge in [0.1, 0.15) is 11.4 Å². The second-order valence-electron chi connectivity index (χ2n) is 4.60. The number of benzene rings is 1. The molecule has 0 aliphatic carbocycles. The van der Waals surface area contributed by atoms with Gasteiger partial charge in [-0.15, -0.1) is 0 Å². The molecule has 0 unspecified atom stereocenters. The quantitative estimate of drug-likeness (QED) is 0.863.